The van der Waals surface area contributed by atoms with E-state index in [9.17, 15) is 4.79 Å². The van der Waals surface area contributed by atoms with Gasteiger partial charge in [-0.2, -0.15) is 0 Å². The third-order valence-electron chi connectivity index (χ3n) is 2.19. The summed E-state index contributed by atoms with van der Waals surface area (Å²) in [6.45, 7) is 2.44. The van der Waals surface area contributed by atoms with Crippen molar-refractivity contribution in [3.63, 3.8) is 0 Å². The zero-order valence-corrected chi connectivity index (χ0v) is 7.50. The molecule has 1 heterocycles. The summed E-state index contributed by atoms with van der Waals surface area (Å²) in [7, 11) is 1.36. The lowest BCUT2D eigenvalue weighted by atomic mass is 9.88. The summed E-state index contributed by atoms with van der Waals surface area (Å²) >= 11 is 0. The smallest absolute Gasteiger partial charge is 0.326 e. The van der Waals surface area contributed by atoms with Gasteiger partial charge in [-0.3, -0.25) is 4.79 Å². The van der Waals surface area contributed by atoms with Crippen LogP contribution in [0.25, 0.3) is 0 Å². The van der Waals surface area contributed by atoms with Gasteiger partial charge in [-0.15, -0.1) is 0 Å². The highest BCUT2D eigenvalue weighted by Gasteiger charge is 2.39. The van der Waals surface area contributed by atoms with E-state index in [1.807, 2.05) is 6.92 Å². The monoisotopic (exact) mass is 189 g/mol. The fraction of sp³-hybridized carbons (Fsp3) is 0.889. The number of nitrogens with two attached hydrogens (primary N) is 1. The number of carbonyl (C=O) groups is 1. The van der Waals surface area contributed by atoms with Crippen molar-refractivity contribution in [3.05, 3.63) is 0 Å². The Labute approximate surface area is 79.4 Å². The summed E-state index contributed by atoms with van der Waals surface area (Å²) in [4.78, 5) is 11.2. The number of rotatable bonds is 1. The SMILES string of the molecule is C.COC(=O)C1(N)CCOC(C)C1. The molecule has 0 aromatic rings. The standard InChI is InChI=1S/C8H15NO3.CH4/c1-6-5-8(9,3-4-12-6)7(10)11-2;/h6H,3-5,9H2,1-2H3;1H4. The van der Waals surface area contributed by atoms with Crippen molar-refractivity contribution >= 4 is 5.97 Å². The number of hydrogen-bond acceptors (Lipinski definition) is 4. The maximum absolute atomic E-state index is 11.2. The zero-order valence-electron chi connectivity index (χ0n) is 7.50. The van der Waals surface area contributed by atoms with Crippen LogP contribution in [0, 0.1) is 0 Å². The Kier molecular flexibility index (Phi) is 4.36. The van der Waals surface area contributed by atoms with Gasteiger partial charge >= 0.3 is 5.97 Å². The molecule has 1 aliphatic rings. The summed E-state index contributed by atoms with van der Waals surface area (Å²) in [5.41, 5.74) is 5.02. The first-order valence-corrected chi connectivity index (χ1v) is 4.07. The molecule has 0 radical (unpaired) electrons. The topological polar surface area (TPSA) is 61.5 Å². The van der Waals surface area contributed by atoms with Gasteiger partial charge in [0.2, 0.25) is 0 Å². The fourth-order valence-corrected chi connectivity index (χ4v) is 1.50. The lowest BCUT2D eigenvalue weighted by Gasteiger charge is -2.33. The zero-order chi connectivity index (χ0) is 9.19. The van der Waals surface area contributed by atoms with Gasteiger partial charge in [0.25, 0.3) is 0 Å². The van der Waals surface area contributed by atoms with Crippen LogP contribution in [0.4, 0.5) is 0 Å². The van der Waals surface area contributed by atoms with E-state index in [1.54, 1.807) is 0 Å². The Morgan fingerprint density at radius 2 is 2.31 bits per heavy atom. The molecule has 0 amide bonds. The third-order valence-corrected chi connectivity index (χ3v) is 2.19. The molecule has 4 nitrogen and oxygen atoms in total. The Morgan fingerprint density at radius 3 is 2.77 bits per heavy atom. The first-order valence-electron chi connectivity index (χ1n) is 4.07. The van der Waals surface area contributed by atoms with Crippen LogP contribution < -0.4 is 5.73 Å². The van der Waals surface area contributed by atoms with Crippen molar-refractivity contribution in [2.24, 2.45) is 5.73 Å². The molecule has 0 spiro atoms. The second-order valence-electron chi connectivity index (χ2n) is 3.28. The summed E-state index contributed by atoms with van der Waals surface area (Å²) in [6.07, 6.45) is 1.13. The minimum atomic E-state index is -0.827. The highest BCUT2D eigenvalue weighted by Crippen LogP contribution is 2.23. The number of hydrogen-bond donors (Lipinski definition) is 1. The maximum atomic E-state index is 11.2. The largest absolute Gasteiger partial charge is 0.468 e. The van der Waals surface area contributed by atoms with Gasteiger partial charge in [0.1, 0.15) is 5.54 Å². The Balaban J connectivity index is 0.00000144. The van der Waals surface area contributed by atoms with Crippen molar-refractivity contribution in [2.45, 2.75) is 38.8 Å². The summed E-state index contributed by atoms with van der Waals surface area (Å²) in [5, 5.41) is 0. The van der Waals surface area contributed by atoms with Crippen molar-refractivity contribution in [2.75, 3.05) is 13.7 Å². The highest BCUT2D eigenvalue weighted by atomic mass is 16.5. The second kappa shape index (κ2) is 4.58. The van der Waals surface area contributed by atoms with Crippen LogP contribution in [0.2, 0.25) is 0 Å². The molecular formula is C9H19NO3. The van der Waals surface area contributed by atoms with Crippen molar-refractivity contribution in [1.29, 1.82) is 0 Å². The van der Waals surface area contributed by atoms with Gasteiger partial charge < -0.3 is 15.2 Å². The molecule has 4 heteroatoms. The predicted molar refractivity (Wildman–Crippen MR) is 50.3 cm³/mol. The van der Waals surface area contributed by atoms with Gasteiger partial charge in [-0.05, 0) is 13.3 Å². The molecule has 2 N–H and O–H groups in total. The molecule has 0 bridgehead atoms. The van der Waals surface area contributed by atoms with Gasteiger partial charge in [0.15, 0.2) is 0 Å². The normalized spacial score (nSPS) is 33.3. The summed E-state index contributed by atoms with van der Waals surface area (Å²) in [6, 6.07) is 0. The Hall–Kier alpha value is -0.610. The molecule has 2 atom stereocenters. The van der Waals surface area contributed by atoms with E-state index in [0.29, 0.717) is 19.4 Å². The number of esters is 1. The summed E-state index contributed by atoms with van der Waals surface area (Å²) in [5.74, 6) is -0.336. The quantitative estimate of drug-likeness (QED) is 0.616. The molecule has 78 valence electrons. The molecule has 0 aromatic carbocycles. The van der Waals surface area contributed by atoms with Crippen LogP contribution in [0.1, 0.15) is 27.2 Å². The lowest BCUT2D eigenvalue weighted by Crippen LogP contribution is -2.54. The van der Waals surface area contributed by atoms with Gasteiger partial charge in [-0.25, -0.2) is 0 Å². The first kappa shape index (κ1) is 12.4. The van der Waals surface area contributed by atoms with E-state index < -0.39 is 5.54 Å². The van der Waals surface area contributed by atoms with Crippen LogP contribution in [0.3, 0.4) is 0 Å². The van der Waals surface area contributed by atoms with E-state index in [-0.39, 0.29) is 19.5 Å². The van der Waals surface area contributed by atoms with E-state index in [4.69, 9.17) is 10.5 Å². The van der Waals surface area contributed by atoms with Crippen LogP contribution in [0.15, 0.2) is 0 Å². The lowest BCUT2D eigenvalue weighted by molar-refractivity contribution is -0.152. The fourth-order valence-electron chi connectivity index (χ4n) is 1.50. The number of carbonyl (C=O) groups excluding carboxylic acids is 1. The highest BCUT2D eigenvalue weighted by molar-refractivity contribution is 5.80. The van der Waals surface area contributed by atoms with Crippen molar-refractivity contribution < 1.29 is 14.3 Å². The predicted octanol–water partition coefficient (Wildman–Crippen LogP) is 0.692. The van der Waals surface area contributed by atoms with E-state index >= 15 is 0 Å². The van der Waals surface area contributed by atoms with Gasteiger partial charge in [-0.1, -0.05) is 7.43 Å². The van der Waals surface area contributed by atoms with Crippen LogP contribution in [-0.2, 0) is 14.3 Å². The molecular weight excluding hydrogens is 170 g/mol. The maximum Gasteiger partial charge on any atom is 0.326 e. The number of methoxy groups -OCH3 is 1. The third kappa shape index (κ3) is 2.67. The first-order chi connectivity index (χ1) is 5.58. The second-order valence-corrected chi connectivity index (χ2v) is 3.28. The summed E-state index contributed by atoms with van der Waals surface area (Å²) < 4.78 is 9.90. The van der Waals surface area contributed by atoms with Gasteiger partial charge in [0, 0.05) is 13.0 Å². The van der Waals surface area contributed by atoms with E-state index in [2.05, 4.69) is 4.74 Å². The Bertz CT molecular complexity index is 184. The minimum absolute atomic E-state index is 0. The molecule has 0 saturated carbocycles. The minimum Gasteiger partial charge on any atom is -0.468 e. The van der Waals surface area contributed by atoms with E-state index in [0.717, 1.165) is 0 Å². The van der Waals surface area contributed by atoms with E-state index in [1.165, 1.54) is 7.11 Å². The van der Waals surface area contributed by atoms with Gasteiger partial charge in [0.05, 0.1) is 13.2 Å². The average molecular weight is 189 g/mol. The van der Waals surface area contributed by atoms with Crippen molar-refractivity contribution in [3.8, 4) is 0 Å². The Morgan fingerprint density at radius 1 is 1.69 bits per heavy atom. The molecule has 1 rings (SSSR count). The van der Waals surface area contributed by atoms with Crippen LogP contribution in [0.5, 0.6) is 0 Å². The number of ether oxygens (including phenoxy) is 2. The molecule has 1 aliphatic heterocycles. The molecule has 0 aliphatic carbocycles. The van der Waals surface area contributed by atoms with Crippen LogP contribution in [-0.4, -0.2) is 31.3 Å². The molecule has 1 saturated heterocycles. The average Bonchev–Trinajstić information content (AvgIpc) is 2.02. The molecule has 1 fully saturated rings. The van der Waals surface area contributed by atoms with Crippen molar-refractivity contribution in [1.82, 2.24) is 0 Å². The molecule has 0 aromatic heterocycles. The molecule has 13 heavy (non-hydrogen) atoms. The van der Waals surface area contributed by atoms with Crippen LogP contribution >= 0.6 is 0 Å². The molecule has 2 unspecified atom stereocenters.